The zero-order valence-electron chi connectivity index (χ0n) is 15.1. The van der Waals surface area contributed by atoms with Gasteiger partial charge in [-0.1, -0.05) is 18.2 Å². The number of thioether (sulfide) groups is 1. The van der Waals surface area contributed by atoms with E-state index in [1.807, 2.05) is 49.1 Å². The number of aromatic nitrogens is 3. The highest BCUT2D eigenvalue weighted by molar-refractivity contribution is 7.98. The van der Waals surface area contributed by atoms with Crippen molar-refractivity contribution in [1.82, 2.24) is 14.8 Å². The molecule has 3 aromatic rings. The van der Waals surface area contributed by atoms with Gasteiger partial charge in [-0.3, -0.25) is 4.68 Å². The predicted molar refractivity (Wildman–Crippen MR) is 104 cm³/mol. The number of benzene rings is 1. The second-order valence-electron chi connectivity index (χ2n) is 6.21. The van der Waals surface area contributed by atoms with E-state index in [2.05, 4.69) is 35.3 Å². The van der Waals surface area contributed by atoms with Crippen LogP contribution in [0.5, 0.6) is 0 Å². The fraction of sp³-hybridized carbons (Fsp3) is 0.316. The minimum atomic E-state index is 0.278. The molecular formula is C19H21N5S. The third kappa shape index (κ3) is 2.96. The Hall–Kier alpha value is -2.52. The highest BCUT2D eigenvalue weighted by Crippen LogP contribution is 2.36. The number of hydrogen-bond acceptors (Lipinski definition) is 5. The van der Waals surface area contributed by atoms with Gasteiger partial charge in [0.1, 0.15) is 16.7 Å². The zero-order chi connectivity index (χ0) is 18.1. The maximum atomic E-state index is 9.74. The summed E-state index contributed by atoms with van der Waals surface area (Å²) in [7, 11) is 0. The summed E-state index contributed by atoms with van der Waals surface area (Å²) in [5, 5.41) is 19.5. The van der Waals surface area contributed by atoms with Crippen LogP contribution in [0.4, 0.5) is 11.4 Å². The maximum absolute atomic E-state index is 9.74. The Balaban J connectivity index is 2.24. The van der Waals surface area contributed by atoms with Crippen molar-refractivity contribution < 1.29 is 0 Å². The number of hydrogen-bond donors (Lipinski definition) is 1. The van der Waals surface area contributed by atoms with E-state index in [-0.39, 0.29) is 6.04 Å². The Labute approximate surface area is 152 Å². The van der Waals surface area contributed by atoms with Crippen molar-refractivity contribution >= 4 is 34.0 Å². The molecule has 0 atom stereocenters. The summed E-state index contributed by atoms with van der Waals surface area (Å²) < 4.78 is 2.00. The van der Waals surface area contributed by atoms with Crippen molar-refractivity contribution in [2.75, 3.05) is 11.6 Å². The number of rotatable bonds is 4. The Morgan fingerprint density at radius 2 is 1.92 bits per heavy atom. The van der Waals surface area contributed by atoms with Gasteiger partial charge in [0.2, 0.25) is 0 Å². The molecular weight excluding hydrogens is 330 g/mol. The first-order valence-electron chi connectivity index (χ1n) is 8.17. The van der Waals surface area contributed by atoms with Gasteiger partial charge >= 0.3 is 0 Å². The minimum Gasteiger partial charge on any atom is -0.351 e. The number of fused-ring (bicyclic) bond motifs is 1. The van der Waals surface area contributed by atoms with E-state index in [4.69, 9.17) is 0 Å². The van der Waals surface area contributed by atoms with Crippen LogP contribution in [0.1, 0.15) is 36.8 Å². The van der Waals surface area contributed by atoms with E-state index in [0.29, 0.717) is 5.56 Å². The third-order valence-electron chi connectivity index (χ3n) is 4.23. The molecule has 1 aromatic carbocycles. The summed E-state index contributed by atoms with van der Waals surface area (Å²) >= 11 is 1.48. The Kier molecular flexibility index (Phi) is 4.69. The van der Waals surface area contributed by atoms with Gasteiger partial charge in [-0.15, -0.1) is 11.8 Å². The fourth-order valence-corrected chi connectivity index (χ4v) is 3.58. The van der Waals surface area contributed by atoms with Gasteiger partial charge < -0.3 is 5.32 Å². The molecule has 128 valence electrons. The van der Waals surface area contributed by atoms with Crippen LogP contribution in [0.25, 0.3) is 10.9 Å². The first-order valence-corrected chi connectivity index (χ1v) is 9.40. The number of para-hydroxylation sites is 1. The van der Waals surface area contributed by atoms with Crippen molar-refractivity contribution in [3.63, 3.8) is 0 Å². The molecule has 0 saturated heterocycles. The largest absolute Gasteiger partial charge is 0.351 e. The standard InChI is InChI=1S/C19H21N5S/c1-11(2)24-13(4)17(12(3)23-24)22-18-14-8-6-7-9-16(14)21-19(25-5)15(18)10-20/h6-9,11H,1-5H3,(H,21,22). The molecule has 0 unspecified atom stereocenters. The predicted octanol–water partition coefficient (Wildman–Crippen LogP) is 4.97. The second-order valence-corrected chi connectivity index (χ2v) is 7.00. The van der Waals surface area contributed by atoms with Crippen LogP contribution in [-0.2, 0) is 0 Å². The quantitative estimate of drug-likeness (QED) is 0.673. The van der Waals surface area contributed by atoms with Gasteiger partial charge in [0, 0.05) is 11.4 Å². The SMILES string of the molecule is CSc1nc2ccccc2c(Nc2c(C)nn(C(C)C)c2C)c1C#N. The Morgan fingerprint density at radius 1 is 1.20 bits per heavy atom. The van der Waals surface area contributed by atoms with Crippen molar-refractivity contribution in [3.8, 4) is 6.07 Å². The van der Waals surface area contributed by atoms with Gasteiger partial charge in [0.25, 0.3) is 0 Å². The highest BCUT2D eigenvalue weighted by atomic mass is 32.2. The molecule has 5 nitrogen and oxygen atoms in total. The van der Waals surface area contributed by atoms with E-state index < -0.39 is 0 Å². The first kappa shape index (κ1) is 17.3. The number of nitrogens with one attached hydrogen (secondary N) is 1. The number of nitrogens with zero attached hydrogens (tertiary/aromatic N) is 4. The number of pyridine rings is 1. The molecule has 3 rings (SSSR count). The van der Waals surface area contributed by atoms with Crippen LogP contribution >= 0.6 is 11.8 Å². The van der Waals surface area contributed by atoms with Gasteiger partial charge in [-0.05, 0) is 40.0 Å². The average molecular weight is 351 g/mol. The van der Waals surface area contributed by atoms with Crippen LogP contribution in [0.3, 0.4) is 0 Å². The average Bonchev–Trinajstić information content (AvgIpc) is 2.89. The molecule has 0 fully saturated rings. The minimum absolute atomic E-state index is 0.278. The van der Waals surface area contributed by atoms with E-state index in [0.717, 1.165) is 38.7 Å². The van der Waals surface area contributed by atoms with Crippen LogP contribution < -0.4 is 5.32 Å². The van der Waals surface area contributed by atoms with Crippen LogP contribution in [0.2, 0.25) is 0 Å². The summed E-state index contributed by atoms with van der Waals surface area (Å²) in [5.41, 5.74) is 5.17. The van der Waals surface area contributed by atoms with Crippen molar-refractivity contribution in [3.05, 3.63) is 41.2 Å². The zero-order valence-corrected chi connectivity index (χ0v) is 15.9. The van der Waals surface area contributed by atoms with Gasteiger partial charge in [0.05, 0.1) is 28.3 Å². The van der Waals surface area contributed by atoms with Crippen molar-refractivity contribution in [2.45, 2.75) is 38.8 Å². The van der Waals surface area contributed by atoms with Crippen LogP contribution in [0, 0.1) is 25.2 Å². The first-order chi connectivity index (χ1) is 12.0. The van der Waals surface area contributed by atoms with Gasteiger partial charge in [-0.2, -0.15) is 10.4 Å². The summed E-state index contributed by atoms with van der Waals surface area (Å²) in [6.07, 6.45) is 1.94. The number of aryl methyl sites for hydroxylation is 1. The number of nitriles is 1. The normalized spacial score (nSPS) is 11.1. The molecule has 2 aromatic heterocycles. The molecule has 0 aliphatic carbocycles. The van der Waals surface area contributed by atoms with Crippen molar-refractivity contribution in [1.29, 1.82) is 5.26 Å². The van der Waals surface area contributed by atoms with Crippen LogP contribution in [0.15, 0.2) is 29.3 Å². The number of anilines is 2. The highest BCUT2D eigenvalue weighted by Gasteiger charge is 2.19. The maximum Gasteiger partial charge on any atom is 0.116 e. The summed E-state index contributed by atoms with van der Waals surface area (Å²) in [6, 6.07) is 10.5. The summed E-state index contributed by atoms with van der Waals surface area (Å²) in [4.78, 5) is 4.62. The molecule has 0 amide bonds. The molecule has 6 heteroatoms. The smallest absolute Gasteiger partial charge is 0.116 e. The van der Waals surface area contributed by atoms with Gasteiger partial charge in [0.15, 0.2) is 0 Å². The van der Waals surface area contributed by atoms with E-state index in [1.165, 1.54) is 11.8 Å². The molecule has 0 radical (unpaired) electrons. The molecule has 0 aliphatic heterocycles. The lowest BCUT2D eigenvalue weighted by molar-refractivity contribution is 0.516. The van der Waals surface area contributed by atoms with E-state index in [1.54, 1.807) is 0 Å². The lowest BCUT2D eigenvalue weighted by atomic mass is 10.1. The summed E-state index contributed by atoms with van der Waals surface area (Å²) in [6.45, 7) is 8.25. The molecule has 0 saturated carbocycles. The lowest BCUT2D eigenvalue weighted by Crippen LogP contribution is -2.05. The molecule has 2 heterocycles. The molecule has 0 bridgehead atoms. The van der Waals surface area contributed by atoms with Crippen molar-refractivity contribution in [2.24, 2.45) is 0 Å². The Bertz CT molecular complexity index is 982. The summed E-state index contributed by atoms with van der Waals surface area (Å²) in [5.74, 6) is 0. The third-order valence-corrected chi connectivity index (χ3v) is 4.91. The fourth-order valence-electron chi connectivity index (χ4n) is 3.04. The van der Waals surface area contributed by atoms with Crippen LogP contribution in [-0.4, -0.2) is 21.0 Å². The Morgan fingerprint density at radius 3 is 2.52 bits per heavy atom. The second kappa shape index (κ2) is 6.77. The molecule has 0 aliphatic rings. The van der Waals surface area contributed by atoms with E-state index in [9.17, 15) is 5.26 Å². The van der Waals surface area contributed by atoms with E-state index >= 15 is 0 Å². The topological polar surface area (TPSA) is 66.5 Å². The molecule has 0 spiro atoms. The van der Waals surface area contributed by atoms with Gasteiger partial charge in [-0.25, -0.2) is 4.98 Å². The molecule has 25 heavy (non-hydrogen) atoms. The molecule has 1 N–H and O–H groups in total. The monoisotopic (exact) mass is 351 g/mol. The lowest BCUT2D eigenvalue weighted by Gasteiger charge is -2.15.